The summed E-state index contributed by atoms with van der Waals surface area (Å²) in [5, 5.41) is 2.76. The van der Waals surface area contributed by atoms with Gasteiger partial charge in [-0.05, 0) is 43.4 Å². The number of nitrogens with zero attached hydrogens (tertiary/aromatic N) is 1. The van der Waals surface area contributed by atoms with E-state index in [0.29, 0.717) is 5.69 Å². The maximum absolute atomic E-state index is 12.7. The topological polar surface area (TPSA) is 66.5 Å². The normalized spacial score (nSPS) is 19.8. The summed E-state index contributed by atoms with van der Waals surface area (Å²) in [4.78, 5) is 39.4. The van der Waals surface area contributed by atoms with Gasteiger partial charge in [-0.1, -0.05) is 19.3 Å². The summed E-state index contributed by atoms with van der Waals surface area (Å²) in [5.41, 5.74) is 0.138. The number of nitrogens with one attached hydrogen (secondary N) is 1. The lowest BCUT2D eigenvalue weighted by Crippen LogP contribution is -2.41. The minimum atomic E-state index is -0.532. The van der Waals surface area contributed by atoms with E-state index >= 15 is 0 Å². The minimum absolute atomic E-state index is 0.153. The SMILES string of the molecule is CSc1ccc(NC(=O)CN2C(=O)CC3(CCCCC3)C2=O)cc1. The largest absolute Gasteiger partial charge is 0.325 e. The molecular weight excluding hydrogens is 324 g/mol. The van der Waals surface area contributed by atoms with Crippen LogP contribution in [-0.4, -0.2) is 35.4 Å². The molecule has 1 spiro atoms. The number of hydrogen-bond acceptors (Lipinski definition) is 4. The van der Waals surface area contributed by atoms with Crippen molar-refractivity contribution in [1.29, 1.82) is 0 Å². The van der Waals surface area contributed by atoms with Crippen molar-refractivity contribution < 1.29 is 14.4 Å². The van der Waals surface area contributed by atoms with Crippen molar-refractivity contribution in [3.63, 3.8) is 0 Å². The van der Waals surface area contributed by atoms with Crippen LogP contribution in [0.25, 0.3) is 0 Å². The monoisotopic (exact) mass is 346 g/mol. The van der Waals surface area contributed by atoms with E-state index in [1.807, 2.05) is 30.5 Å². The third kappa shape index (κ3) is 3.34. The molecule has 5 nitrogen and oxygen atoms in total. The molecule has 1 heterocycles. The molecular formula is C18H22N2O3S. The second kappa shape index (κ2) is 6.97. The fourth-order valence-corrected chi connectivity index (χ4v) is 4.07. The second-order valence-electron chi connectivity index (χ2n) is 6.58. The number of hydrogen-bond donors (Lipinski definition) is 1. The van der Waals surface area contributed by atoms with Gasteiger partial charge in [0.2, 0.25) is 17.7 Å². The lowest BCUT2D eigenvalue weighted by atomic mass is 9.73. The highest BCUT2D eigenvalue weighted by molar-refractivity contribution is 7.98. The summed E-state index contributed by atoms with van der Waals surface area (Å²) in [6.45, 7) is -0.191. The fraction of sp³-hybridized carbons (Fsp3) is 0.500. The molecule has 1 aromatic rings. The van der Waals surface area contributed by atoms with E-state index in [2.05, 4.69) is 5.32 Å². The zero-order chi connectivity index (χ0) is 17.2. The predicted octanol–water partition coefficient (Wildman–Crippen LogP) is 3.06. The number of imide groups is 1. The van der Waals surface area contributed by atoms with Crippen LogP contribution in [0.2, 0.25) is 0 Å². The summed E-state index contributed by atoms with van der Waals surface area (Å²) < 4.78 is 0. The zero-order valence-electron chi connectivity index (χ0n) is 13.8. The first-order valence-electron chi connectivity index (χ1n) is 8.33. The number of amides is 3. The average Bonchev–Trinajstić information content (AvgIpc) is 2.80. The molecule has 0 unspecified atom stereocenters. The lowest BCUT2D eigenvalue weighted by Gasteiger charge is -2.30. The minimum Gasteiger partial charge on any atom is -0.325 e. The van der Waals surface area contributed by atoms with Gasteiger partial charge in [-0.3, -0.25) is 19.3 Å². The van der Waals surface area contributed by atoms with E-state index in [1.54, 1.807) is 11.8 Å². The van der Waals surface area contributed by atoms with Gasteiger partial charge in [0, 0.05) is 17.0 Å². The molecule has 3 amide bonds. The molecule has 1 N–H and O–H groups in total. The standard InChI is InChI=1S/C18H22N2O3S/c1-24-14-7-5-13(6-8-14)19-15(21)12-20-16(22)11-18(17(20)23)9-3-2-4-10-18/h5-8H,2-4,9-12H2,1H3,(H,19,21). The first-order valence-corrected chi connectivity index (χ1v) is 9.55. The smallest absolute Gasteiger partial charge is 0.244 e. The van der Waals surface area contributed by atoms with E-state index in [9.17, 15) is 14.4 Å². The molecule has 2 fully saturated rings. The molecule has 0 radical (unpaired) electrons. The van der Waals surface area contributed by atoms with Gasteiger partial charge in [0.15, 0.2) is 0 Å². The molecule has 3 rings (SSSR count). The van der Waals surface area contributed by atoms with Crippen LogP contribution in [-0.2, 0) is 14.4 Å². The van der Waals surface area contributed by atoms with Gasteiger partial charge in [-0.25, -0.2) is 0 Å². The molecule has 24 heavy (non-hydrogen) atoms. The van der Waals surface area contributed by atoms with Crippen LogP contribution in [0.1, 0.15) is 38.5 Å². The molecule has 1 saturated carbocycles. The van der Waals surface area contributed by atoms with Crippen molar-refractivity contribution in [2.75, 3.05) is 18.1 Å². The van der Waals surface area contributed by atoms with Crippen LogP contribution < -0.4 is 5.32 Å². The molecule has 6 heteroatoms. The molecule has 0 aromatic heterocycles. The summed E-state index contributed by atoms with van der Waals surface area (Å²) >= 11 is 1.63. The Bertz CT molecular complexity index is 651. The van der Waals surface area contributed by atoms with Gasteiger partial charge in [0.1, 0.15) is 6.54 Å². The third-order valence-corrected chi connectivity index (χ3v) is 5.72. The molecule has 128 valence electrons. The molecule has 1 aromatic carbocycles. The Morgan fingerprint density at radius 1 is 1.17 bits per heavy atom. The summed E-state index contributed by atoms with van der Waals surface area (Å²) in [7, 11) is 0. The Balaban J connectivity index is 1.63. The van der Waals surface area contributed by atoms with Crippen LogP contribution in [0.5, 0.6) is 0 Å². The maximum Gasteiger partial charge on any atom is 0.244 e. The highest BCUT2D eigenvalue weighted by Crippen LogP contribution is 2.45. The number of anilines is 1. The van der Waals surface area contributed by atoms with Crippen molar-refractivity contribution in [1.82, 2.24) is 4.90 Å². The van der Waals surface area contributed by atoms with E-state index in [1.165, 1.54) is 0 Å². The lowest BCUT2D eigenvalue weighted by molar-refractivity contribution is -0.144. The van der Waals surface area contributed by atoms with Gasteiger partial charge in [-0.15, -0.1) is 11.8 Å². The van der Waals surface area contributed by atoms with Crippen LogP contribution in [0.3, 0.4) is 0 Å². The van der Waals surface area contributed by atoms with Crippen LogP contribution >= 0.6 is 11.8 Å². The van der Waals surface area contributed by atoms with Gasteiger partial charge in [-0.2, -0.15) is 0 Å². The van der Waals surface area contributed by atoms with Crippen molar-refractivity contribution in [2.45, 2.75) is 43.4 Å². The third-order valence-electron chi connectivity index (χ3n) is 4.98. The van der Waals surface area contributed by atoms with E-state index in [-0.39, 0.29) is 30.7 Å². The number of benzene rings is 1. The van der Waals surface area contributed by atoms with Gasteiger partial charge < -0.3 is 5.32 Å². The second-order valence-corrected chi connectivity index (χ2v) is 7.46. The molecule has 2 aliphatic rings. The van der Waals surface area contributed by atoms with Gasteiger partial charge in [0.05, 0.1) is 5.41 Å². The number of thioether (sulfide) groups is 1. The average molecular weight is 346 g/mol. The highest BCUT2D eigenvalue weighted by atomic mass is 32.2. The quantitative estimate of drug-likeness (QED) is 0.672. The summed E-state index contributed by atoms with van der Waals surface area (Å²) in [6.07, 6.45) is 6.88. The Morgan fingerprint density at radius 2 is 1.83 bits per heavy atom. The highest BCUT2D eigenvalue weighted by Gasteiger charge is 2.51. The Labute approximate surface area is 146 Å². The van der Waals surface area contributed by atoms with Gasteiger partial charge in [0.25, 0.3) is 0 Å². The molecule has 1 aliphatic carbocycles. The van der Waals surface area contributed by atoms with Gasteiger partial charge >= 0.3 is 0 Å². The number of carbonyl (C=O) groups excluding carboxylic acids is 3. The Morgan fingerprint density at radius 3 is 2.46 bits per heavy atom. The fourth-order valence-electron chi connectivity index (χ4n) is 3.66. The molecule has 1 aliphatic heterocycles. The number of rotatable bonds is 4. The number of likely N-dealkylation sites (tertiary alicyclic amines) is 1. The summed E-state index contributed by atoms with van der Waals surface area (Å²) in [6, 6.07) is 7.48. The zero-order valence-corrected chi connectivity index (χ0v) is 14.7. The van der Waals surface area contributed by atoms with Crippen molar-refractivity contribution in [3.05, 3.63) is 24.3 Å². The number of carbonyl (C=O) groups is 3. The maximum atomic E-state index is 12.7. The van der Waals surface area contributed by atoms with Crippen LogP contribution in [0.4, 0.5) is 5.69 Å². The molecule has 1 saturated heterocycles. The van der Waals surface area contributed by atoms with Crippen molar-refractivity contribution in [2.24, 2.45) is 5.41 Å². The molecule has 0 bridgehead atoms. The Kier molecular flexibility index (Phi) is 4.94. The Hall–Kier alpha value is -1.82. The van der Waals surface area contributed by atoms with E-state index < -0.39 is 5.41 Å². The van der Waals surface area contributed by atoms with E-state index in [4.69, 9.17) is 0 Å². The van der Waals surface area contributed by atoms with Crippen molar-refractivity contribution >= 4 is 35.2 Å². The first kappa shape index (κ1) is 17.0. The van der Waals surface area contributed by atoms with Crippen molar-refractivity contribution in [3.8, 4) is 0 Å². The van der Waals surface area contributed by atoms with Crippen LogP contribution in [0.15, 0.2) is 29.2 Å². The van der Waals surface area contributed by atoms with E-state index in [0.717, 1.165) is 41.9 Å². The molecule has 0 atom stereocenters. The first-order chi connectivity index (χ1) is 11.5. The predicted molar refractivity (Wildman–Crippen MR) is 93.7 cm³/mol. The summed E-state index contributed by atoms with van der Waals surface area (Å²) in [5.74, 6) is -0.698. The van der Waals surface area contributed by atoms with Crippen LogP contribution in [0, 0.1) is 5.41 Å².